The lowest BCUT2D eigenvalue weighted by molar-refractivity contribution is -0.126. The van der Waals surface area contributed by atoms with Crippen LogP contribution in [-0.4, -0.2) is 39.8 Å². The van der Waals surface area contributed by atoms with E-state index in [9.17, 15) is 9.59 Å². The van der Waals surface area contributed by atoms with Gasteiger partial charge in [-0.2, -0.15) is 0 Å². The second kappa shape index (κ2) is 8.50. The summed E-state index contributed by atoms with van der Waals surface area (Å²) in [5.41, 5.74) is 4.54. The molecule has 1 atom stereocenters. The number of amides is 2. The highest BCUT2D eigenvalue weighted by molar-refractivity contribution is 5.95. The Hall–Kier alpha value is -2.76. The first-order valence-electron chi connectivity index (χ1n) is 9.78. The van der Waals surface area contributed by atoms with Crippen LogP contribution >= 0.6 is 0 Å². The van der Waals surface area contributed by atoms with Gasteiger partial charge in [0.05, 0.1) is 18.2 Å². The van der Waals surface area contributed by atoms with Gasteiger partial charge in [0.15, 0.2) is 0 Å². The van der Waals surface area contributed by atoms with Crippen molar-refractivity contribution >= 4 is 11.8 Å². The average molecular weight is 380 g/mol. The molecule has 3 rings (SSSR count). The van der Waals surface area contributed by atoms with E-state index in [1.165, 1.54) is 0 Å². The fourth-order valence-electron chi connectivity index (χ4n) is 3.86. The maximum Gasteiger partial charge on any atom is 0.253 e. The summed E-state index contributed by atoms with van der Waals surface area (Å²) in [6, 6.07) is 7.77. The molecule has 2 amide bonds. The van der Waals surface area contributed by atoms with Crippen LogP contribution in [-0.2, 0) is 11.3 Å². The van der Waals surface area contributed by atoms with Crippen molar-refractivity contribution in [2.75, 3.05) is 13.1 Å². The number of nitrogens with zero attached hydrogens (tertiary/aromatic N) is 3. The van der Waals surface area contributed by atoms with Gasteiger partial charge in [-0.25, -0.2) is 9.97 Å². The zero-order valence-electron chi connectivity index (χ0n) is 17.1. The molecule has 6 nitrogen and oxygen atoms in total. The molecule has 6 heteroatoms. The predicted octanol–water partition coefficient (Wildman–Crippen LogP) is 2.88. The minimum absolute atomic E-state index is 0.00588. The Morgan fingerprint density at radius 3 is 2.46 bits per heavy atom. The molecular weight excluding hydrogens is 352 g/mol. The molecule has 1 aromatic carbocycles. The number of likely N-dealkylation sites (tertiary alicyclic amines) is 1. The molecular formula is C22H28N4O2. The van der Waals surface area contributed by atoms with Gasteiger partial charge < -0.3 is 10.2 Å². The number of nitrogens with one attached hydrogen (secondary N) is 1. The van der Waals surface area contributed by atoms with Gasteiger partial charge in [-0.3, -0.25) is 9.59 Å². The Morgan fingerprint density at radius 2 is 1.79 bits per heavy atom. The minimum Gasteiger partial charge on any atom is -0.350 e. The summed E-state index contributed by atoms with van der Waals surface area (Å²) in [5, 5.41) is 2.97. The van der Waals surface area contributed by atoms with Crippen molar-refractivity contribution in [2.45, 2.75) is 47.1 Å². The summed E-state index contributed by atoms with van der Waals surface area (Å²) in [4.78, 5) is 36.0. The van der Waals surface area contributed by atoms with Crippen LogP contribution in [0.25, 0.3) is 0 Å². The van der Waals surface area contributed by atoms with Gasteiger partial charge in [0, 0.05) is 24.3 Å². The van der Waals surface area contributed by atoms with Crippen LogP contribution in [0.4, 0.5) is 0 Å². The Kier molecular flexibility index (Phi) is 6.07. The predicted molar refractivity (Wildman–Crippen MR) is 108 cm³/mol. The Morgan fingerprint density at radius 1 is 1.07 bits per heavy atom. The number of aromatic nitrogens is 2. The third-order valence-corrected chi connectivity index (χ3v) is 5.01. The summed E-state index contributed by atoms with van der Waals surface area (Å²) in [5.74, 6) is 0.498. The zero-order chi connectivity index (χ0) is 20.3. The fourth-order valence-corrected chi connectivity index (χ4v) is 3.86. The maximum atomic E-state index is 12.9. The van der Waals surface area contributed by atoms with E-state index in [-0.39, 0.29) is 17.7 Å². The Balaban J connectivity index is 1.62. The fraction of sp³-hybridized carbons (Fsp3) is 0.455. The number of carbonyl (C=O) groups excluding carboxylic acids is 2. The molecule has 2 heterocycles. The van der Waals surface area contributed by atoms with Crippen molar-refractivity contribution in [3.8, 4) is 0 Å². The Bertz CT molecular complexity index is 854. The van der Waals surface area contributed by atoms with E-state index >= 15 is 0 Å². The first-order chi connectivity index (χ1) is 13.3. The lowest BCUT2D eigenvalue weighted by Gasteiger charge is -2.32. The van der Waals surface area contributed by atoms with Gasteiger partial charge in [0.25, 0.3) is 5.91 Å². The quantitative estimate of drug-likeness (QED) is 0.885. The molecule has 148 valence electrons. The normalized spacial score (nSPS) is 16.7. The number of hydrogen-bond donors (Lipinski definition) is 1. The van der Waals surface area contributed by atoms with E-state index in [0.29, 0.717) is 31.0 Å². The van der Waals surface area contributed by atoms with Crippen LogP contribution in [0.15, 0.2) is 24.3 Å². The van der Waals surface area contributed by atoms with Gasteiger partial charge in [-0.15, -0.1) is 0 Å². The van der Waals surface area contributed by atoms with Crippen molar-refractivity contribution in [3.05, 3.63) is 58.2 Å². The van der Waals surface area contributed by atoms with Crippen molar-refractivity contribution < 1.29 is 9.59 Å². The molecule has 1 saturated heterocycles. The van der Waals surface area contributed by atoms with Crippen LogP contribution < -0.4 is 5.32 Å². The topological polar surface area (TPSA) is 75.2 Å². The molecule has 28 heavy (non-hydrogen) atoms. The van der Waals surface area contributed by atoms with Gasteiger partial charge in [0.1, 0.15) is 5.82 Å². The molecule has 1 aliphatic heterocycles. The standard InChI is InChI=1S/C22H28N4O2/c1-14-8-15(2)10-19(9-14)22(28)26-7-5-6-18(13-26)21(27)23-12-20-11-16(3)24-17(4)25-20/h8-11,18H,5-7,12-13H2,1-4H3,(H,23,27). The number of rotatable bonds is 4. The largest absolute Gasteiger partial charge is 0.350 e. The molecule has 1 aromatic heterocycles. The van der Waals surface area contributed by atoms with Crippen molar-refractivity contribution in [3.63, 3.8) is 0 Å². The first kappa shape index (κ1) is 20.0. The van der Waals surface area contributed by atoms with Crippen molar-refractivity contribution in [1.29, 1.82) is 0 Å². The summed E-state index contributed by atoms with van der Waals surface area (Å²) in [6.07, 6.45) is 1.63. The van der Waals surface area contributed by atoms with E-state index < -0.39 is 0 Å². The number of piperidine rings is 1. The molecule has 1 N–H and O–H groups in total. The molecule has 2 aromatic rings. The minimum atomic E-state index is -0.187. The number of aryl methyl sites for hydroxylation is 4. The second-order valence-corrected chi connectivity index (χ2v) is 7.73. The highest BCUT2D eigenvalue weighted by Crippen LogP contribution is 2.20. The van der Waals surface area contributed by atoms with E-state index in [1.807, 2.05) is 45.9 Å². The molecule has 0 bridgehead atoms. The average Bonchev–Trinajstić information content (AvgIpc) is 2.64. The van der Waals surface area contributed by atoms with Crippen molar-refractivity contribution in [1.82, 2.24) is 20.2 Å². The lowest BCUT2D eigenvalue weighted by Crippen LogP contribution is -2.45. The third kappa shape index (κ3) is 4.94. The molecule has 0 aliphatic carbocycles. The van der Waals surface area contributed by atoms with Gasteiger partial charge in [-0.05, 0) is 58.7 Å². The Labute approximate surface area is 166 Å². The van der Waals surface area contributed by atoms with Crippen LogP contribution in [0, 0.1) is 33.6 Å². The monoisotopic (exact) mass is 380 g/mol. The van der Waals surface area contributed by atoms with E-state index in [4.69, 9.17) is 0 Å². The molecule has 0 spiro atoms. The molecule has 0 radical (unpaired) electrons. The summed E-state index contributed by atoms with van der Waals surface area (Å²) in [7, 11) is 0. The third-order valence-electron chi connectivity index (χ3n) is 5.01. The van der Waals surface area contributed by atoms with Gasteiger partial charge in [-0.1, -0.05) is 17.2 Å². The lowest BCUT2D eigenvalue weighted by atomic mass is 9.96. The number of benzene rings is 1. The smallest absolute Gasteiger partial charge is 0.253 e. The highest BCUT2D eigenvalue weighted by Gasteiger charge is 2.29. The first-order valence-corrected chi connectivity index (χ1v) is 9.78. The van der Waals surface area contributed by atoms with Gasteiger partial charge in [0.2, 0.25) is 5.91 Å². The van der Waals surface area contributed by atoms with Crippen LogP contribution in [0.2, 0.25) is 0 Å². The summed E-state index contributed by atoms with van der Waals surface area (Å²) >= 11 is 0. The molecule has 1 fully saturated rings. The van der Waals surface area contributed by atoms with Crippen LogP contribution in [0.5, 0.6) is 0 Å². The van der Waals surface area contributed by atoms with Crippen molar-refractivity contribution in [2.24, 2.45) is 5.92 Å². The molecule has 1 aliphatic rings. The number of hydrogen-bond acceptors (Lipinski definition) is 4. The highest BCUT2D eigenvalue weighted by atomic mass is 16.2. The van der Waals surface area contributed by atoms with E-state index in [2.05, 4.69) is 21.4 Å². The summed E-state index contributed by atoms with van der Waals surface area (Å²) in [6.45, 7) is 9.27. The molecule has 0 saturated carbocycles. The maximum absolute atomic E-state index is 12.9. The van der Waals surface area contributed by atoms with Crippen LogP contribution in [0.1, 0.15) is 51.5 Å². The second-order valence-electron chi connectivity index (χ2n) is 7.73. The van der Waals surface area contributed by atoms with E-state index in [1.54, 1.807) is 4.90 Å². The molecule has 1 unspecified atom stereocenters. The van der Waals surface area contributed by atoms with E-state index in [0.717, 1.165) is 35.4 Å². The van der Waals surface area contributed by atoms with Crippen LogP contribution in [0.3, 0.4) is 0 Å². The zero-order valence-corrected chi connectivity index (χ0v) is 17.1. The summed E-state index contributed by atoms with van der Waals surface area (Å²) < 4.78 is 0. The van der Waals surface area contributed by atoms with Gasteiger partial charge >= 0.3 is 0 Å². The SMILES string of the molecule is Cc1cc(C)cc(C(=O)N2CCCC(C(=O)NCc3cc(C)nc(C)n3)C2)c1. The number of carbonyl (C=O) groups is 2.